The van der Waals surface area contributed by atoms with Crippen LogP contribution in [0.15, 0.2) is 0 Å². The van der Waals surface area contributed by atoms with E-state index in [0.717, 1.165) is 25.7 Å². The predicted molar refractivity (Wildman–Crippen MR) is 71.7 cm³/mol. The second-order valence-corrected chi connectivity index (χ2v) is 8.54. The second-order valence-electron chi connectivity index (χ2n) is 8.54. The van der Waals surface area contributed by atoms with Gasteiger partial charge in [-0.05, 0) is 36.5 Å². The summed E-state index contributed by atoms with van der Waals surface area (Å²) in [4.78, 5) is 12.0. The Hall–Kier alpha value is -0.450. The first-order valence-electron chi connectivity index (χ1n) is 7.83. The maximum Gasteiger partial charge on any atom is 0.171 e. The Morgan fingerprint density at radius 2 is 1.90 bits per heavy atom. The lowest BCUT2D eigenvalue weighted by atomic mass is 9.82. The minimum atomic E-state index is -1.22. The molecule has 4 nitrogen and oxygen atoms in total. The molecule has 4 aliphatic rings. The van der Waals surface area contributed by atoms with Gasteiger partial charge in [-0.3, -0.25) is 4.79 Å². The Balaban J connectivity index is 1.54. The third-order valence-corrected chi connectivity index (χ3v) is 6.36. The van der Waals surface area contributed by atoms with Crippen LogP contribution in [0.2, 0.25) is 0 Å². The summed E-state index contributed by atoms with van der Waals surface area (Å²) in [6, 6.07) is 0. The summed E-state index contributed by atoms with van der Waals surface area (Å²) in [5, 5.41) is 21.0. The summed E-state index contributed by atoms with van der Waals surface area (Å²) < 4.78 is 6.07. The number of hydrogen-bond donors (Lipinski definition) is 2. The fourth-order valence-corrected chi connectivity index (χ4v) is 5.65. The zero-order chi connectivity index (χ0) is 14.3. The van der Waals surface area contributed by atoms with Crippen molar-refractivity contribution >= 4 is 5.78 Å². The molecule has 0 amide bonds. The highest BCUT2D eigenvalue weighted by molar-refractivity contribution is 5.85. The first kappa shape index (κ1) is 13.2. The van der Waals surface area contributed by atoms with Crippen molar-refractivity contribution < 1.29 is 19.7 Å². The summed E-state index contributed by atoms with van der Waals surface area (Å²) in [6.45, 7) is 4.26. The Labute approximate surface area is 119 Å². The van der Waals surface area contributed by atoms with E-state index in [1.165, 1.54) is 0 Å². The zero-order valence-corrected chi connectivity index (χ0v) is 12.3. The van der Waals surface area contributed by atoms with Gasteiger partial charge in [0.1, 0.15) is 5.78 Å². The fraction of sp³-hybridized carbons (Fsp3) is 0.938. The molecular formula is C16H24O4. The lowest BCUT2D eigenvalue weighted by Gasteiger charge is -2.41. The molecule has 4 heteroatoms. The third kappa shape index (κ3) is 1.68. The van der Waals surface area contributed by atoms with Gasteiger partial charge in [0.2, 0.25) is 0 Å². The van der Waals surface area contributed by atoms with Crippen LogP contribution >= 0.6 is 0 Å². The van der Waals surface area contributed by atoms with E-state index < -0.39 is 11.9 Å². The van der Waals surface area contributed by atoms with Gasteiger partial charge < -0.3 is 14.9 Å². The van der Waals surface area contributed by atoms with Crippen molar-refractivity contribution in [3.8, 4) is 0 Å². The number of ether oxygens (including phenoxy) is 1. The standard InChI is InChI=1S/C16H24O4/c1-14-3-9(11(17)5-14)13(7-14)20-16(19)8-15(2)4-10(16)12(18)6-15/h9-10,12-13,18-19H,3-8H2,1-2H3/t9?,10?,12?,13?,14-,15+,16?/m0/s1. The molecule has 0 heterocycles. The molecule has 4 fully saturated rings. The first-order valence-corrected chi connectivity index (χ1v) is 7.83. The predicted octanol–water partition coefficient (Wildman–Crippen LogP) is 1.63. The van der Waals surface area contributed by atoms with Crippen molar-refractivity contribution in [1.29, 1.82) is 0 Å². The lowest BCUT2D eigenvalue weighted by Crippen LogP contribution is -2.49. The highest BCUT2D eigenvalue weighted by atomic mass is 16.6. The quantitative estimate of drug-likeness (QED) is 0.755. The van der Waals surface area contributed by atoms with Gasteiger partial charge in [-0.2, -0.15) is 0 Å². The van der Waals surface area contributed by atoms with Crippen molar-refractivity contribution in [2.75, 3.05) is 0 Å². The van der Waals surface area contributed by atoms with Crippen molar-refractivity contribution in [2.45, 2.75) is 70.4 Å². The number of Topliss-reactive ketones (excluding diaryl/α,β-unsaturated/α-hetero) is 1. The Bertz CT molecular complexity index is 477. The summed E-state index contributed by atoms with van der Waals surface area (Å²) in [6.07, 6.45) is 3.99. The molecular weight excluding hydrogens is 256 g/mol. The number of ketones is 1. The van der Waals surface area contributed by atoms with Gasteiger partial charge in [0.15, 0.2) is 5.79 Å². The molecule has 4 aliphatic carbocycles. The van der Waals surface area contributed by atoms with Crippen LogP contribution in [0.25, 0.3) is 0 Å². The summed E-state index contributed by atoms with van der Waals surface area (Å²) in [5.41, 5.74) is 0.0628. The lowest BCUT2D eigenvalue weighted by molar-refractivity contribution is -0.278. The summed E-state index contributed by atoms with van der Waals surface area (Å²) >= 11 is 0. The van der Waals surface area contributed by atoms with E-state index in [2.05, 4.69) is 13.8 Å². The molecule has 4 bridgehead atoms. The molecule has 5 unspecified atom stereocenters. The minimum absolute atomic E-state index is 0.00956. The van der Waals surface area contributed by atoms with Gasteiger partial charge in [-0.1, -0.05) is 13.8 Å². The van der Waals surface area contributed by atoms with Gasteiger partial charge in [-0.25, -0.2) is 0 Å². The molecule has 0 aromatic carbocycles. The van der Waals surface area contributed by atoms with Crippen LogP contribution in [0.1, 0.15) is 52.4 Å². The van der Waals surface area contributed by atoms with E-state index >= 15 is 0 Å². The highest BCUT2D eigenvalue weighted by Gasteiger charge is 2.64. The third-order valence-electron chi connectivity index (χ3n) is 6.36. The molecule has 0 saturated heterocycles. The number of aliphatic hydroxyl groups excluding tert-OH is 1. The Kier molecular flexibility index (Phi) is 2.42. The molecule has 20 heavy (non-hydrogen) atoms. The number of aliphatic hydroxyl groups is 2. The van der Waals surface area contributed by atoms with Crippen LogP contribution in [0, 0.1) is 22.7 Å². The monoisotopic (exact) mass is 280 g/mol. The van der Waals surface area contributed by atoms with Gasteiger partial charge in [0.25, 0.3) is 0 Å². The number of carbonyl (C=O) groups excluding carboxylic acids is 1. The van der Waals surface area contributed by atoms with E-state index in [-0.39, 0.29) is 28.8 Å². The second kappa shape index (κ2) is 3.65. The average Bonchev–Trinajstić information content (AvgIpc) is 2.91. The van der Waals surface area contributed by atoms with Crippen LogP contribution < -0.4 is 0 Å². The van der Waals surface area contributed by atoms with Crippen LogP contribution in [0.3, 0.4) is 0 Å². The van der Waals surface area contributed by atoms with E-state index in [9.17, 15) is 15.0 Å². The minimum Gasteiger partial charge on any atom is -0.393 e. The molecule has 112 valence electrons. The average molecular weight is 280 g/mol. The van der Waals surface area contributed by atoms with Crippen molar-refractivity contribution in [1.82, 2.24) is 0 Å². The molecule has 7 atom stereocenters. The largest absolute Gasteiger partial charge is 0.393 e. The Morgan fingerprint density at radius 3 is 2.45 bits per heavy atom. The van der Waals surface area contributed by atoms with Crippen molar-refractivity contribution in [3.63, 3.8) is 0 Å². The molecule has 0 radical (unpaired) electrons. The molecule has 0 aliphatic heterocycles. The number of fused-ring (bicyclic) bond motifs is 4. The van der Waals surface area contributed by atoms with Gasteiger partial charge in [0, 0.05) is 24.7 Å². The van der Waals surface area contributed by atoms with Crippen LogP contribution in [-0.2, 0) is 9.53 Å². The Morgan fingerprint density at radius 1 is 1.15 bits per heavy atom. The van der Waals surface area contributed by atoms with Crippen LogP contribution in [0.4, 0.5) is 0 Å². The number of carbonyl (C=O) groups is 1. The summed E-state index contributed by atoms with van der Waals surface area (Å²) in [7, 11) is 0. The molecule has 4 saturated carbocycles. The maximum absolute atomic E-state index is 12.0. The van der Waals surface area contributed by atoms with Gasteiger partial charge >= 0.3 is 0 Å². The van der Waals surface area contributed by atoms with E-state index in [0.29, 0.717) is 18.6 Å². The molecule has 0 aromatic rings. The maximum atomic E-state index is 12.0. The van der Waals surface area contributed by atoms with Gasteiger partial charge in [0.05, 0.1) is 12.2 Å². The summed E-state index contributed by atoms with van der Waals surface area (Å²) in [5.74, 6) is -1.15. The normalized spacial score (nSPS) is 60.7. The van der Waals surface area contributed by atoms with Crippen molar-refractivity contribution in [2.24, 2.45) is 22.7 Å². The van der Waals surface area contributed by atoms with E-state index in [4.69, 9.17) is 4.74 Å². The first-order chi connectivity index (χ1) is 9.22. The smallest absolute Gasteiger partial charge is 0.171 e. The fourth-order valence-electron chi connectivity index (χ4n) is 5.65. The molecule has 0 spiro atoms. The van der Waals surface area contributed by atoms with Crippen LogP contribution in [0.5, 0.6) is 0 Å². The van der Waals surface area contributed by atoms with Crippen LogP contribution in [-0.4, -0.2) is 34.0 Å². The highest BCUT2D eigenvalue weighted by Crippen LogP contribution is 2.61. The molecule has 0 aromatic heterocycles. The number of hydrogen-bond acceptors (Lipinski definition) is 4. The van der Waals surface area contributed by atoms with Crippen molar-refractivity contribution in [3.05, 3.63) is 0 Å². The topological polar surface area (TPSA) is 66.8 Å². The number of rotatable bonds is 2. The van der Waals surface area contributed by atoms with E-state index in [1.54, 1.807) is 0 Å². The zero-order valence-electron chi connectivity index (χ0n) is 12.3. The molecule has 2 N–H and O–H groups in total. The molecule has 4 rings (SSSR count). The van der Waals surface area contributed by atoms with Gasteiger partial charge in [-0.15, -0.1) is 0 Å². The SMILES string of the molecule is C[C@@]12CC(=O)C(C1)C(OC1(O)C[C@@]3(C)CC(O)C1C3)C2. The van der Waals surface area contributed by atoms with E-state index in [1.807, 2.05) is 0 Å².